The summed E-state index contributed by atoms with van der Waals surface area (Å²) in [6, 6.07) is 0. The Kier molecular flexibility index (Phi) is 5.27. The molecule has 0 radical (unpaired) electrons. The first kappa shape index (κ1) is 15.3. The van der Waals surface area contributed by atoms with E-state index < -0.39 is 0 Å². The smallest absolute Gasteiger partial charge is 0.0628 e. The second-order valence-electron chi connectivity index (χ2n) is 7.05. The maximum Gasteiger partial charge on any atom is 0.0628 e. The Balaban J connectivity index is 1.91. The van der Waals surface area contributed by atoms with Crippen molar-refractivity contribution in [2.24, 2.45) is 17.8 Å². The molecule has 19 heavy (non-hydrogen) atoms. The van der Waals surface area contributed by atoms with Crippen LogP contribution in [0.4, 0.5) is 0 Å². The molecule has 0 aromatic carbocycles. The van der Waals surface area contributed by atoms with E-state index in [9.17, 15) is 5.11 Å². The van der Waals surface area contributed by atoms with E-state index in [4.69, 9.17) is 0 Å². The Morgan fingerprint density at radius 3 is 2.47 bits per heavy atom. The van der Waals surface area contributed by atoms with Crippen molar-refractivity contribution >= 4 is 0 Å². The highest BCUT2D eigenvalue weighted by molar-refractivity contribution is 5.02. The van der Waals surface area contributed by atoms with E-state index in [0.717, 1.165) is 18.4 Å². The Bertz CT molecular complexity index is 272. The van der Waals surface area contributed by atoms with Crippen LogP contribution in [-0.4, -0.2) is 48.8 Å². The molecule has 0 bridgehead atoms. The van der Waals surface area contributed by atoms with Crippen molar-refractivity contribution < 1.29 is 5.11 Å². The molecule has 0 amide bonds. The summed E-state index contributed by atoms with van der Waals surface area (Å²) in [7, 11) is 2.02. The second-order valence-corrected chi connectivity index (χ2v) is 7.05. The lowest BCUT2D eigenvalue weighted by Gasteiger charge is -2.37. The molecule has 2 atom stereocenters. The van der Waals surface area contributed by atoms with Crippen molar-refractivity contribution in [3.8, 4) is 0 Å². The first-order chi connectivity index (χ1) is 9.11. The predicted molar refractivity (Wildman–Crippen MR) is 80.2 cm³/mol. The van der Waals surface area contributed by atoms with Gasteiger partial charge < -0.3 is 15.3 Å². The van der Waals surface area contributed by atoms with E-state index in [-0.39, 0.29) is 12.1 Å². The highest BCUT2D eigenvalue weighted by Gasteiger charge is 2.44. The van der Waals surface area contributed by atoms with E-state index in [0.29, 0.717) is 5.92 Å². The number of hydrogen-bond donors (Lipinski definition) is 2. The lowest BCUT2D eigenvalue weighted by Crippen LogP contribution is -2.56. The first-order valence-electron chi connectivity index (χ1n) is 8.13. The van der Waals surface area contributed by atoms with Crippen LogP contribution < -0.4 is 5.32 Å². The zero-order valence-corrected chi connectivity index (χ0v) is 13.0. The number of nitrogens with one attached hydrogen (secondary N) is 1. The van der Waals surface area contributed by atoms with Gasteiger partial charge in [0.2, 0.25) is 0 Å². The van der Waals surface area contributed by atoms with Crippen LogP contribution in [0, 0.1) is 17.8 Å². The summed E-state index contributed by atoms with van der Waals surface area (Å²) in [6.07, 6.45) is 6.59. The zero-order valence-electron chi connectivity index (χ0n) is 13.0. The fourth-order valence-electron chi connectivity index (χ4n) is 3.71. The van der Waals surface area contributed by atoms with Crippen LogP contribution in [0.2, 0.25) is 0 Å². The third-order valence-electron chi connectivity index (χ3n) is 5.45. The predicted octanol–water partition coefficient (Wildman–Crippen LogP) is 2.10. The molecule has 3 nitrogen and oxygen atoms in total. The van der Waals surface area contributed by atoms with Gasteiger partial charge in [0.1, 0.15) is 0 Å². The van der Waals surface area contributed by atoms with Crippen LogP contribution in [0.15, 0.2) is 0 Å². The molecule has 3 heteroatoms. The number of aliphatic hydroxyl groups excluding tert-OH is 1. The normalized spacial score (nSPS) is 29.2. The van der Waals surface area contributed by atoms with E-state index >= 15 is 0 Å². The van der Waals surface area contributed by atoms with Crippen LogP contribution in [-0.2, 0) is 0 Å². The van der Waals surface area contributed by atoms with Crippen molar-refractivity contribution in [1.29, 1.82) is 0 Å². The summed E-state index contributed by atoms with van der Waals surface area (Å²) < 4.78 is 0. The molecule has 2 aliphatic rings. The topological polar surface area (TPSA) is 35.5 Å². The summed E-state index contributed by atoms with van der Waals surface area (Å²) in [5.74, 6) is 2.39. The molecule has 112 valence electrons. The molecule has 2 unspecified atom stereocenters. The van der Waals surface area contributed by atoms with Crippen LogP contribution >= 0.6 is 0 Å². The molecule has 2 N–H and O–H groups in total. The number of aliphatic hydroxyl groups is 1. The summed E-state index contributed by atoms with van der Waals surface area (Å²) in [5, 5.41) is 13.3. The summed E-state index contributed by atoms with van der Waals surface area (Å²) in [5.41, 5.74) is -0.0440. The van der Waals surface area contributed by atoms with Gasteiger partial charge in [-0.05, 0) is 70.0 Å². The molecule has 0 aromatic heterocycles. The average molecular weight is 268 g/mol. The van der Waals surface area contributed by atoms with Crippen LogP contribution in [0.25, 0.3) is 0 Å². The lowest BCUT2D eigenvalue weighted by atomic mass is 9.89. The van der Waals surface area contributed by atoms with Crippen LogP contribution in [0.3, 0.4) is 0 Å². The fraction of sp³-hybridized carbons (Fsp3) is 1.00. The highest BCUT2D eigenvalue weighted by atomic mass is 16.3. The highest BCUT2D eigenvalue weighted by Crippen LogP contribution is 2.40. The molecule has 0 aromatic rings. The molecule has 0 spiro atoms. The molecule has 2 rings (SSSR count). The minimum absolute atomic E-state index is 0.0440. The molecule has 2 fully saturated rings. The van der Waals surface area contributed by atoms with Gasteiger partial charge in [-0.2, -0.15) is 0 Å². The Morgan fingerprint density at radius 1 is 1.21 bits per heavy atom. The van der Waals surface area contributed by atoms with Gasteiger partial charge in [0.15, 0.2) is 0 Å². The molecular formula is C16H32N2O. The molecular weight excluding hydrogens is 236 g/mol. The number of likely N-dealkylation sites (N-methyl/N-ethyl adjacent to an activating group) is 1. The minimum atomic E-state index is -0.0440. The van der Waals surface area contributed by atoms with Gasteiger partial charge in [0.25, 0.3) is 0 Å². The van der Waals surface area contributed by atoms with Gasteiger partial charge in [0, 0.05) is 6.54 Å². The van der Waals surface area contributed by atoms with Crippen LogP contribution in [0.1, 0.15) is 46.0 Å². The van der Waals surface area contributed by atoms with Gasteiger partial charge >= 0.3 is 0 Å². The van der Waals surface area contributed by atoms with Crippen molar-refractivity contribution in [3.63, 3.8) is 0 Å². The van der Waals surface area contributed by atoms with Gasteiger partial charge in [-0.15, -0.1) is 0 Å². The van der Waals surface area contributed by atoms with Gasteiger partial charge in [0.05, 0.1) is 12.1 Å². The fourth-order valence-corrected chi connectivity index (χ4v) is 3.71. The molecule has 1 heterocycles. The maximum absolute atomic E-state index is 9.84. The Morgan fingerprint density at radius 2 is 1.95 bits per heavy atom. The van der Waals surface area contributed by atoms with Gasteiger partial charge in [-0.1, -0.05) is 13.8 Å². The SMILES string of the molecule is CNC(CO)(CN1CCCC(C(C)C)CC1)C1CC1. The van der Waals surface area contributed by atoms with Crippen molar-refractivity contribution in [2.75, 3.05) is 33.3 Å². The Hall–Kier alpha value is -0.120. The number of nitrogens with zero attached hydrogens (tertiary/aromatic N) is 1. The number of hydrogen-bond acceptors (Lipinski definition) is 3. The van der Waals surface area contributed by atoms with E-state index in [1.54, 1.807) is 0 Å². The van der Waals surface area contributed by atoms with Crippen LogP contribution in [0.5, 0.6) is 0 Å². The summed E-state index contributed by atoms with van der Waals surface area (Å²) in [6.45, 7) is 8.43. The van der Waals surface area contributed by atoms with E-state index in [1.165, 1.54) is 45.2 Å². The van der Waals surface area contributed by atoms with Crippen molar-refractivity contribution in [3.05, 3.63) is 0 Å². The Labute approximate surface area is 118 Å². The average Bonchev–Trinajstić information content (AvgIpc) is 3.23. The number of rotatable bonds is 6. The monoisotopic (exact) mass is 268 g/mol. The quantitative estimate of drug-likeness (QED) is 0.774. The molecule has 1 aliphatic heterocycles. The summed E-state index contributed by atoms with van der Waals surface area (Å²) in [4.78, 5) is 2.59. The molecule has 1 saturated carbocycles. The summed E-state index contributed by atoms with van der Waals surface area (Å²) >= 11 is 0. The standard InChI is InChI=1S/C16H32N2O/c1-13(2)14-5-4-9-18(10-8-14)11-16(12-19,17-3)15-6-7-15/h13-15,17,19H,4-12H2,1-3H3. The van der Waals surface area contributed by atoms with Crippen molar-refractivity contribution in [1.82, 2.24) is 10.2 Å². The minimum Gasteiger partial charge on any atom is -0.394 e. The molecule has 1 aliphatic carbocycles. The van der Waals surface area contributed by atoms with Gasteiger partial charge in [-0.25, -0.2) is 0 Å². The van der Waals surface area contributed by atoms with E-state index in [2.05, 4.69) is 24.1 Å². The third-order valence-corrected chi connectivity index (χ3v) is 5.45. The zero-order chi connectivity index (χ0) is 13.9. The molecule has 1 saturated heterocycles. The first-order valence-corrected chi connectivity index (χ1v) is 8.13. The van der Waals surface area contributed by atoms with Crippen molar-refractivity contribution in [2.45, 2.75) is 51.5 Å². The third kappa shape index (κ3) is 3.71. The van der Waals surface area contributed by atoms with Gasteiger partial charge in [-0.3, -0.25) is 0 Å². The second kappa shape index (κ2) is 6.55. The lowest BCUT2D eigenvalue weighted by molar-refractivity contribution is 0.0973. The maximum atomic E-state index is 9.84. The largest absolute Gasteiger partial charge is 0.394 e. The van der Waals surface area contributed by atoms with E-state index in [1.807, 2.05) is 7.05 Å². The number of likely N-dealkylation sites (tertiary alicyclic amines) is 1.